The van der Waals surface area contributed by atoms with Crippen molar-refractivity contribution in [2.75, 3.05) is 5.32 Å². The third-order valence-electron chi connectivity index (χ3n) is 3.22. The van der Waals surface area contributed by atoms with Gasteiger partial charge in [0, 0.05) is 18.6 Å². The number of nitrogens with zero attached hydrogens (tertiary/aromatic N) is 3. The summed E-state index contributed by atoms with van der Waals surface area (Å²) in [6.07, 6.45) is 1.71. The number of thiazole rings is 1. The largest absolute Gasteiger partial charge is 0.325 e. The van der Waals surface area contributed by atoms with Crippen molar-refractivity contribution in [1.29, 1.82) is 0 Å². The van der Waals surface area contributed by atoms with Crippen molar-refractivity contribution in [3.63, 3.8) is 0 Å². The molecule has 102 valence electrons. The summed E-state index contributed by atoms with van der Waals surface area (Å²) in [4.78, 5) is 16.7. The topological polar surface area (TPSA) is 51.9 Å². The summed E-state index contributed by atoms with van der Waals surface area (Å²) in [6.45, 7) is 1.91. The van der Waals surface area contributed by atoms with Crippen LogP contribution in [0.2, 0.25) is 0 Å². The average molecular weight is 286 g/mol. The minimum atomic E-state index is -0.0774. The van der Waals surface area contributed by atoms with Crippen molar-refractivity contribution in [1.82, 2.24) is 14.3 Å². The van der Waals surface area contributed by atoms with Crippen LogP contribution >= 0.6 is 11.3 Å². The molecule has 1 aromatic carbocycles. The van der Waals surface area contributed by atoms with Crippen LogP contribution in [-0.2, 0) is 7.05 Å². The molecule has 0 radical (unpaired) electrons. The number of para-hydroxylation sites is 1. The van der Waals surface area contributed by atoms with E-state index < -0.39 is 0 Å². The number of anilines is 2. The predicted molar refractivity (Wildman–Crippen MR) is 81.1 cm³/mol. The molecule has 2 aromatic heterocycles. The van der Waals surface area contributed by atoms with E-state index in [9.17, 15) is 4.79 Å². The van der Waals surface area contributed by atoms with Crippen LogP contribution in [0.25, 0.3) is 5.69 Å². The van der Waals surface area contributed by atoms with E-state index >= 15 is 0 Å². The van der Waals surface area contributed by atoms with E-state index in [1.54, 1.807) is 10.9 Å². The smallest absolute Gasteiger partial charge is 0.295 e. The fourth-order valence-electron chi connectivity index (χ4n) is 2.10. The zero-order valence-electron chi connectivity index (χ0n) is 11.2. The maximum absolute atomic E-state index is 12.6. The van der Waals surface area contributed by atoms with Crippen molar-refractivity contribution in [2.24, 2.45) is 7.05 Å². The van der Waals surface area contributed by atoms with Crippen molar-refractivity contribution in [3.8, 4) is 5.69 Å². The molecule has 5 nitrogen and oxygen atoms in total. The highest BCUT2D eigenvalue weighted by atomic mass is 32.1. The molecule has 0 aliphatic carbocycles. The van der Waals surface area contributed by atoms with Crippen molar-refractivity contribution in [2.45, 2.75) is 6.92 Å². The van der Waals surface area contributed by atoms with Gasteiger partial charge in [-0.05, 0) is 19.1 Å². The molecule has 0 amide bonds. The Balaban J connectivity index is 2.12. The molecule has 3 rings (SSSR count). The lowest BCUT2D eigenvalue weighted by atomic mass is 10.3. The minimum Gasteiger partial charge on any atom is -0.325 e. The summed E-state index contributed by atoms with van der Waals surface area (Å²) >= 11 is 1.47. The number of hydrogen-bond donors (Lipinski definition) is 1. The molecule has 0 aliphatic rings. The van der Waals surface area contributed by atoms with Gasteiger partial charge in [-0.25, -0.2) is 9.67 Å². The predicted octanol–water partition coefficient (Wildman–Crippen LogP) is 2.68. The van der Waals surface area contributed by atoms with Gasteiger partial charge in [0.05, 0.1) is 11.4 Å². The first-order chi connectivity index (χ1) is 9.68. The molecule has 0 saturated heterocycles. The number of aromatic nitrogens is 3. The highest BCUT2D eigenvalue weighted by molar-refractivity contribution is 7.13. The maximum Gasteiger partial charge on any atom is 0.295 e. The second kappa shape index (κ2) is 4.97. The number of nitrogens with one attached hydrogen (secondary N) is 1. The highest BCUT2D eigenvalue weighted by Crippen LogP contribution is 2.20. The van der Waals surface area contributed by atoms with E-state index in [0.717, 1.165) is 16.5 Å². The van der Waals surface area contributed by atoms with Gasteiger partial charge in [0.15, 0.2) is 5.13 Å². The quantitative estimate of drug-likeness (QED) is 0.805. The average Bonchev–Trinajstić information content (AvgIpc) is 3.04. The Kier molecular flexibility index (Phi) is 3.15. The van der Waals surface area contributed by atoms with Gasteiger partial charge < -0.3 is 5.32 Å². The van der Waals surface area contributed by atoms with Crippen LogP contribution in [0.1, 0.15) is 5.69 Å². The molecule has 3 aromatic rings. The van der Waals surface area contributed by atoms with E-state index in [2.05, 4.69) is 10.3 Å². The molecule has 0 saturated carbocycles. The molecule has 0 spiro atoms. The first-order valence-corrected chi connectivity index (χ1v) is 7.07. The van der Waals surface area contributed by atoms with Crippen LogP contribution in [0.15, 0.2) is 46.7 Å². The lowest BCUT2D eigenvalue weighted by molar-refractivity contribution is 0.630. The van der Waals surface area contributed by atoms with E-state index in [1.807, 2.05) is 54.4 Å². The molecule has 0 unspecified atom stereocenters. The van der Waals surface area contributed by atoms with Gasteiger partial charge in [0.25, 0.3) is 5.56 Å². The highest BCUT2D eigenvalue weighted by Gasteiger charge is 2.16. The third-order valence-corrected chi connectivity index (χ3v) is 3.91. The van der Waals surface area contributed by atoms with Crippen LogP contribution in [0.4, 0.5) is 10.8 Å². The van der Waals surface area contributed by atoms with Gasteiger partial charge in [0.1, 0.15) is 5.69 Å². The van der Waals surface area contributed by atoms with Crippen LogP contribution in [-0.4, -0.2) is 14.3 Å². The zero-order valence-corrected chi connectivity index (χ0v) is 12.0. The van der Waals surface area contributed by atoms with Crippen LogP contribution < -0.4 is 10.9 Å². The molecule has 0 fully saturated rings. The molecule has 20 heavy (non-hydrogen) atoms. The molecular weight excluding hydrogens is 272 g/mol. The zero-order chi connectivity index (χ0) is 14.1. The summed E-state index contributed by atoms with van der Waals surface area (Å²) in [5, 5.41) is 5.69. The lowest BCUT2D eigenvalue weighted by Crippen LogP contribution is -2.20. The molecule has 6 heteroatoms. The Morgan fingerprint density at radius 3 is 2.65 bits per heavy atom. The normalized spacial score (nSPS) is 10.7. The second-order valence-electron chi connectivity index (χ2n) is 4.40. The Labute approximate surface area is 120 Å². The van der Waals surface area contributed by atoms with Gasteiger partial charge in [-0.2, -0.15) is 0 Å². The van der Waals surface area contributed by atoms with Gasteiger partial charge in [-0.3, -0.25) is 9.48 Å². The minimum absolute atomic E-state index is 0.0774. The summed E-state index contributed by atoms with van der Waals surface area (Å²) in [5.41, 5.74) is 2.20. The SMILES string of the molecule is Cc1c(Nc2nccs2)c(=O)n(-c2ccccc2)n1C. The van der Waals surface area contributed by atoms with Crippen molar-refractivity contribution in [3.05, 3.63) is 58.0 Å². The first-order valence-electron chi connectivity index (χ1n) is 6.19. The summed E-state index contributed by atoms with van der Waals surface area (Å²) < 4.78 is 3.49. The van der Waals surface area contributed by atoms with Gasteiger partial charge >= 0.3 is 0 Å². The molecular formula is C14H14N4OS. The van der Waals surface area contributed by atoms with Gasteiger partial charge in [-0.15, -0.1) is 11.3 Å². The fourth-order valence-corrected chi connectivity index (χ4v) is 2.64. The summed E-state index contributed by atoms with van der Waals surface area (Å²) in [7, 11) is 1.87. The maximum atomic E-state index is 12.6. The van der Waals surface area contributed by atoms with Crippen molar-refractivity contribution < 1.29 is 0 Å². The molecule has 0 aliphatic heterocycles. The van der Waals surface area contributed by atoms with E-state index in [0.29, 0.717) is 5.69 Å². The van der Waals surface area contributed by atoms with E-state index in [4.69, 9.17) is 0 Å². The third kappa shape index (κ3) is 2.04. The molecule has 1 N–H and O–H groups in total. The van der Waals surface area contributed by atoms with Gasteiger partial charge in [-0.1, -0.05) is 18.2 Å². The Bertz CT molecular complexity index is 772. The summed E-state index contributed by atoms with van der Waals surface area (Å²) in [5.74, 6) is 0. The first kappa shape index (κ1) is 12.7. The summed E-state index contributed by atoms with van der Waals surface area (Å²) in [6, 6.07) is 9.58. The Hall–Kier alpha value is -2.34. The molecule has 2 heterocycles. The van der Waals surface area contributed by atoms with E-state index in [-0.39, 0.29) is 5.56 Å². The van der Waals surface area contributed by atoms with Crippen LogP contribution in [0.5, 0.6) is 0 Å². The lowest BCUT2D eigenvalue weighted by Gasteiger charge is -2.07. The fraction of sp³-hybridized carbons (Fsp3) is 0.143. The van der Waals surface area contributed by atoms with E-state index in [1.165, 1.54) is 11.3 Å². The number of rotatable bonds is 3. The Morgan fingerprint density at radius 1 is 1.25 bits per heavy atom. The molecule has 0 atom stereocenters. The number of benzene rings is 1. The van der Waals surface area contributed by atoms with Crippen LogP contribution in [0.3, 0.4) is 0 Å². The van der Waals surface area contributed by atoms with Crippen LogP contribution in [0, 0.1) is 6.92 Å². The number of hydrogen-bond acceptors (Lipinski definition) is 4. The van der Waals surface area contributed by atoms with Gasteiger partial charge in [0.2, 0.25) is 0 Å². The standard InChI is InChI=1S/C14H14N4OS/c1-10-12(16-14-15-8-9-20-14)13(19)18(17(10)2)11-6-4-3-5-7-11/h3-9H,1-2H3,(H,15,16). The monoisotopic (exact) mass is 286 g/mol. The molecule has 0 bridgehead atoms. The second-order valence-corrected chi connectivity index (χ2v) is 5.29. The Morgan fingerprint density at radius 2 is 2.00 bits per heavy atom. The van der Waals surface area contributed by atoms with Crippen molar-refractivity contribution >= 4 is 22.2 Å².